The van der Waals surface area contributed by atoms with Gasteiger partial charge in [0.1, 0.15) is 29.5 Å². The Morgan fingerprint density at radius 1 is 1.00 bits per heavy atom. The van der Waals surface area contributed by atoms with Crippen molar-refractivity contribution in [2.45, 2.75) is 129 Å². The molecule has 0 aliphatic carbocycles. The Morgan fingerprint density at radius 2 is 1.59 bits per heavy atom. The number of hydrogen-bond acceptors (Lipinski definition) is 11. The minimum atomic E-state index is -1.94. The van der Waals surface area contributed by atoms with Gasteiger partial charge in [-0.15, -0.1) is 0 Å². The predicted molar refractivity (Wildman–Crippen MR) is 151 cm³/mol. The van der Waals surface area contributed by atoms with E-state index in [0.29, 0.717) is 6.42 Å². The maximum Gasteiger partial charge on any atom is 0.316 e. The average molecular weight is 588 g/mol. The van der Waals surface area contributed by atoms with Gasteiger partial charge in [0.15, 0.2) is 12.1 Å². The van der Waals surface area contributed by atoms with Crippen LogP contribution in [-0.2, 0) is 33.3 Å². The van der Waals surface area contributed by atoms with Crippen LogP contribution in [0.4, 0.5) is 0 Å². The van der Waals surface area contributed by atoms with E-state index < -0.39 is 77.3 Å². The van der Waals surface area contributed by atoms with Crippen molar-refractivity contribution in [2.75, 3.05) is 21.2 Å². The predicted octanol–water partition coefficient (Wildman–Crippen LogP) is 1.72. The van der Waals surface area contributed by atoms with Crippen molar-refractivity contribution in [3.63, 3.8) is 0 Å². The molecule has 2 fully saturated rings. The molecule has 2 saturated heterocycles. The van der Waals surface area contributed by atoms with E-state index in [1.807, 2.05) is 25.9 Å². The van der Waals surface area contributed by atoms with Crippen molar-refractivity contribution in [1.82, 2.24) is 4.90 Å². The van der Waals surface area contributed by atoms with Crippen molar-refractivity contribution in [2.24, 2.45) is 23.7 Å². The smallest absolute Gasteiger partial charge is 0.316 e. The number of cyclic esters (lactones) is 1. The Kier molecular flexibility index (Phi) is 12.1. The number of ether oxygens (including phenoxy) is 4. The third-order valence-electron chi connectivity index (χ3n) is 9.31. The molecule has 0 radical (unpaired) electrons. The van der Waals surface area contributed by atoms with Gasteiger partial charge in [0.2, 0.25) is 0 Å². The second kappa shape index (κ2) is 13.9. The molecule has 0 aromatic rings. The molecule has 2 aliphatic rings. The number of aliphatic hydroxyl groups is 3. The standard InChI is InChI=1S/C30H53NO10/c1-12-21-30(8,37)25(35)17(4)22(32)15(2)14-29(7,38-11)26(18(5)23(33)19(6)27(36)40-21)41-28-24(34)20(31(9)10)13-16(3)39-28/h15-21,24-26,28,34-35,37H,12-14H2,1-11H3/t15-,16-,17+,18+,19-,20+,21-,24-,25-,26?,28+,29-,30-/m1/s1. The summed E-state index contributed by atoms with van der Waals surface area (Å²) in [6.45, 7) is 12.9. The fourth-order valence-corrected chi connectivity index (χ4v) is 6.43. The molecule has 0 saturated carbocycles. The minimum absolute atomic E-state index is 0.0926. The molecule has 0 amide bonds. The van der Waals surface area contributed by atoms with Crippen molar-refractivity contribution in [3.8, 4) is 0 Å². The van der Waals surface area contributed by atoms with Gasteiger partial charge in [-0.2, -0.15) is 0 Å². The van der Waals surface area contributed by atoms with E-state index in [2.05, 4.69) is 0 Å². The van der Waals surface area contributed by atoms with E-state index in [-0.39, 0.29) is 30.8 Å². The van der Waals surface area contributed by atoms with Gasteiger partial charge in [0.05, 0.1) is 23.9 Å². The molecule has 11 heteroatoms. The van der Waals surface area contributed by atoms with Gasteiger partial charge in [-0.1, -0.05) is 27.7 Å². The van der Waals surface area contributed by atoms with Crippen LogP contribution in [0.15, 0.2) is 0 Å². The Morgan fingerprint density at radius 3 is 2.10 bits per heavy atom. The van der Waals surface area contributed by atoms with E-state index >= 15 is 0 Å². The number of Topliss-reactive ketones (excluding diaryl/α,β-unsaturated/α-hetero) is 2. The SMILES string of the molecule is CC[C@H]1OC(=O)[C@H](C)C(=O)[C@H](C)C(O[C@@H]2O[C@H](C)C[C@H](N(C)C)[C@H]2O)[C@](C)(OC)C[C@@H](C)C(=O)[C@H](C)[C@@H](O)[C@]1(C)O. The zero-order chi connectivity index (χ0) is 31.6. The first-order valence-corrected chi connectivity index (χ1v) is 14.7. The third kappa shape index (κ3) is 7.55. The molecule has 1 unspecified atom stereocenters. The highest BCUT2D eigenvalue weighted by atomic mass is 16.7. The van der Waals surface area contributed by atoms with Gasteiger partial charge in [0, 0.05) is 30.9 Å². The first kappa shape index (κ1) is 35.7. The molecule has 238 valence electrons. The van der Waals surface area contributed by atoms with Crippen molar-refractivity contribution in [1.29, 1.82) is 0 Å². The van der Waals surface area contributed by atoms with Gasteiger partial charge in [-0.25, -0.2) is 0 Å². The van der Waals surface area contributed by atoms with E-state index in [0.717, 1.165) is 0 Å². The van der Waals surface area contributed by atoms with Crippen LogP contribution in [0, 0.1) is 23.7 Å². The number of carbonyl (C=O) groups is 3. The van der Waals surface area contributed by atoms with Crippen LogP contribution >= 0.6 is 0 Å². The Balaban J connectivity index is 2.61. The van der Waals surface area contributed by atoms with Crippen LogP contribution < -0.4 is 0 Å². The Hall–Kier alpha value is -1.47. The molecule has 0 aromatic carbocycles. The number of hydrogen-bond donors (Lipinski definition) is 3. The van der Waals surface area contributed by atoms with Crippen LogP contribution in [0.1, 0.15) is 74.7 Å². The lowest BCUT2D eigenvalue weighted by atomic mass is 9.74. The maximum atomic E-state index is 13.8. The number of nitrogens with zero attached hydrogens (tertiary/aromatic N) is 1. The van der Waals surface area contributed by atoms with Crippen molar-refractivity contribution in [3.05, 3.63) is 0 Å². The number of rotatable bonds is 5. The molecule has 13 atom stereocenters. The summed E-state index contributed by atoms with van der Waals surface area (Å²) in [5.74, 6) is -5.55. The summed E-state index contributed by atoms with van der Waals surface area (Å²) in [6.07, 6.45) is -5.31. The molecular weight excluding hydrogens is 534 g/mol. The first-order valence-electron chi connectivity index (χ1n) is 14.7. The van der Waals surface area contributed by atoms with Crippen LogP contribution in [0.2, 0.25) is 0 Å². The molecule has 0 bridgehead atoms. The van der Waals surface area contributed by atoms with Crippen LogP contribution in [0.3, 0.4) is 0 Å². The fourth-order valence-electron chi connectivity index (χ4n) is 6.43. The molecule has 0 aromatic heterocycles. The third-order valence-corrected chi connectivity index (χ3v) is 9.31. The first-order chi connectivity index (χ1) is 18.8. The largest absolute Gasteiger partial charge is 0.459 e. The van der Waals surface area contributed by atoms with E-state index in [9.17, 15) is 29.7 Å². The number of carbonyl (C=O) groups excluding carboxylic acids is 3. The van der Waals surface area contributed by atoms with Crippen LogP contribution in [-0.4, -0.2) is 113 Å². The van der Waals surface area contributed by atoms with E-state index in [4.69, 9.17) is 18.9 Å². The van der Waals surface area contributed by atoms with Crippen molar-refractivity contribution >= 4 is 17.5 Å². The molecule has 11 nitrogen and oxygen atoms in total. The van der Waals surface area contributed by atoms with Gasteiger partial charge in [-0.3, -0.25) is 14.4 Å². The lowest BCUT2D eigenvalue weighted by molar-refractivity contribution is -0.295. The zero-order valence-electron chi connectivity index (χ0n) is 26.6. The maximum absolute atomic E-state index is 13.8. The second-order valence-corrected chi connectivity index (χ2v) is 12.9. The lowest BCUT2D eigenvalue weighted by Crippen LogP contribution is -2.60. The quantitative estimate of drug-likeness (QED) is 0.318. The summed E-state index contributed by atoms with van der Waals surface area (Å²) in [5.41, 5.74) is -3.20. The van der Waals surface area contributed by atoms with Gasteiger partial charge >= 0.3 is 5.97 Å². The molecule has 41 heavy (non-hydrogen) atoms. The molecule has 2 heterocycles. The van der Waals surface area contributed by atoms with Crippen molar-refractivity contribution < 1.29 is 48.7 Å². The Bertz CT molecular complexity index is 925. The second-order valence-electron chi connectivity index (χ2n) is 12.9. The van der Waals surface area contributed by atoms with E-state index in [1.54, 1.807) is 27.7 Å². The molecule has 2 rings (SSSR count). The summed E-state index contributed by atoms with van der Waals surface area (Å²) in [4.78, 5) is 42.5. The Labute approximate surface area is 244 Å². The van der Waals surface area contributed by atoms with Crippen LogP contribution in [0.5, 0.6) is 0 Å². The highest BCUT2D eigenvalue weighted by molar-refractivity contribution is 6.00. The van der Waals surface area contributed by atoms with Crippen LogP contribution in [0.25, 0.3) is 0 Å². The summed E-state index contributed by atoms with van der Waals surface area (Å²) in [5, 5.41) is 33.5. The number of aliphatic hydroxyl groups excluding tert-OH is 2. The molecule has 2 aliphatic heterocycles. The number of likely N-dealkylation sites (N-methyl/N-ethyl adjacent to an activating group) is 1. The monoisotopic (exact) mass is 587 g/mol. The van der Waals surface area contributed by atoms with Gasteiger partial charge in [-0.05, 0) is 61.1 Å². The molecular formula is C30H53NO10. The average Bonchev–Trinajstić information content (AvgIpc) is 2.92. The topological polar surface area (TPSA) is 152 Å². The zero-order valence-corrected chi connectivity index (χ0v) is 26.6. The highest BCUT2D eigenvalue weighted by Crippen LogP contribution is 2.38. The highest BCUT2D eigenvalue weighted by Gasteiger charge is 2.51. The normalized spacial score (nSPS) is 45.8. The number of methoxy groups -OCH3 is 1. The molecule has 3 N–H and O–H groups in total. The van der Waals surface area contributed by atoms with Gasteiger partial charge in [0.25, 0.3) is 0 Å². The summed E-state index contributed by atoms with van der Waals surface area (Å²) in [7, 11) is 5.16. The number of ketones is 2. The summed E-state index contributed by atoms with van der Waals surface area (Å²) < 4.78 is 24.0. The van der Waals surface area contributed by atoms with Gasteiger partial charge < -0.3 is 39.2 Å². The lowest BCUT2D eigenvalue weighted by Gasteiger charge is -2.47. The summed E-state index contributed by atoms with van der Waals surface area (Å²) in [6, 6.07) is -0.266. The minimum Gasteiger partial charge on any atom is -0.459 e. The number of esters is 1. The molecule has 0 spiro atoms. The fraction of sp³-hybridized carbons (Fsp3) is 0.900. The summed E-state index contributed by atoms with van der Waals surface area (Å²) >= 11 is 0. The van der Waals surface area contributed by atoms with E-state index in [1.165, 1.54) is 27.9 Å².